The normalized spacial score (nSPS) is 14.6. The van der Waals surface area contributed by atoms with Crippen LogP contribution in [0.2, 0.25) is 0 Å². The Kier molecular flexibility index (Phi) is 7.10. The number of rotatable bonds is 7. The monoisotopic (exact) mass is 427 g/mol. The second-order valence-corrected chi connectivity index (χ2v) is 7.08. The van der Waals surface area contributed by atoms with E-state index in [1.54, 1.807) is 19.1 Å². The van der Waals surface area contributed by atoms with Crippen molar-refractivity contribution in [2.24, 2.45) is 0 Å². The number of anilines is 1. The van der Waals surface area contributed by atoms with Gasteiger partial charge in [0, 0.05) is 31.9 Å². The highest BCUT2D eigenvalue weighted by molar-refractivity contribution is 5.82. The van der Waals surface area contributed by atoms with E-state index in [0.717, 1.165) is 36.4 Å². The third-order valence-corrected chi connectivity index (χ3v) is 4.96. The summed E-state index contributed by atoms with van der Waals surface area (Å²) < 4.78 is 5.63. The molecular formula is C21H25N5O5. The molecule has 31 heavy (non-hydrogen) atoms. The quantitative estimate of drug-likeness (QED) is 0.389. The van der Waals surface area contributed by atoms with Gasteiger partial charge < -0.3 is 25.3 Å². The molecule has 1 fully saturated rings. The molecule has 3 N–H and O–H groups in total. The maximum Gasteiger partial charge on any atom is 0.329 e. The van der Waals surface area contributed by atoms with Crippen molar-refractivity contribution < 1.29 is 14.3 Å². The maximum atomic E-state index is 13.0. The number of ether oxygens (including phenoxy) is 1. The molecule has 0 unspecified atom stereocenters. The van der Waals surface area contributed by atoms with Gasteiger partial charge >= 0.3 is 11.7 Å². The van der Waals surface area contributed by atoms with Crippen LogP contribution >= 0.6 is 0 Å². The number of hydrogen-bond acceptors (Lipinski definition) is 7. The molecule has 10 heteroatoms. The molecular weight excluding hydrogens is 402 g/mol. The van der Waals surface area contributed by atoms with Crippen LogP contribution in [0.25, 0.3) is 10.9 Å². The molecule has 0 radical (unpaired) electrons. The van der Waals surface area contributed by atoms with E-state index in [0.29, 0.717) is 10.9 Å². The van der Waals surface area contributed by atoms with E-state index in [4.69, 9.17) is 11.2 Å². The fourth-order valence-corrected chi connectivity index (χ4v) is 3.42. The van der Waals surface area contributed by atoms with Gasteiger partial charge in [0.15, 0.2) is 0 Å². The third-order valence-electron chi connectivity index (χ3n) is 4.96. The number of terminal acetylenes is 1. The lowest BCUT2D eigenvalue weighted by Crippen LogP contribution is -2.44. The Morgan fingerprint density at radius 1 is 1.29 bits per heavy atom. The Morgan fingerprint density at radius 2 is 2.03 bits per heavy atom. The van der Waals surface area contributed by atoms with Crippen LogP contribution in [0.4, 0.5) is 5.69 Å². The first kappa shape index (κ1) is 22.1. The van der Waals surface area contributed by atoms with Crippen LogP contribution in [0, 0.1) is 12.3 Å². The van der Waals surface area contributed by atoms with E-state index in [-0.39, 0.29) is 13.0 Å². The minimum atomic E-state index is -0.902. The minimum absolute atomic E-state index is 0.196. The summed E-state index contributed by atoms with van der Waals surface area (Å²) in [6, 6.07) is 4.36. The maximum absolute atomic E-state index is 13.0. The number of H-pyrrole nitrogens is 1. The number of amides is 1. The summed E-state index contributed by atoms with van der Waals surface area (Å²) in [6.45, 7) is 4.63. The molecule has 0 bridgehead atoms. The lowest BCUT2D eigenvalue weighted by atomic mass is 10.2. The van der Waals surface area contributed by atoms with E-state index in [9.17, 15) is 19.2 Å². The molecule has 1 aromatic heterocycles. The molecule has 164 valence electrons. The first-order valence-electron chi connectivity index (χ1n) is 10.1. The van der Waals surface area contributed by atoms with Crippen molar-refractivity contribution in [1.82, 2.24) is 20.2 Å². The van der Waals surface area contributed by atoms with Crippen molar-refractivity contribution in [1.29, 1.82) is 0 Å². The Morgan fingerprint density at radius 3 is 2.71 bits per heavy atom. The molecule has 0 aliphatic carbocycles. The smallest absolute Gasteiger partial charge is 0.329 e. The van der Waals surface area contributed by atoms with Crippen LogP contribution in [0.15, 0.2) is 27.8 Å². The highest BCUT2D eigenvalue weighted by Crippen LogP contribution is 2.18. The molecule has 1 amide bonds. The number of aromatic amines is 1. The Bertz CT molecular complexity index is 1120. The second-order valence-electron chi connectivity index (χ2n) is 7.08. The zero-order chi connectivity index (χ0) is 22.4. The van der Waals surface area contributed by atoms with E-state index in [1.807, 2.05) is 6.07 Å². The van der Waals surface area contributed by atoms with Crippen LogP contribution in [-0.4, -0.2) is 60.3 Å². The van der Waals surface area contributed by atoms with E-state index in [2.05, 4.69) is 26.4 Å². The van der Waals surface area contributed by atoms with Crippen molar-refractivity contribution in [2.75, 3.05) is 37.7 Å². The van der Waals surface area contributed by atoms with E-state index in [1.165, 1.54) is 0 Å². The molecule has 2 aromatic rings. The zero-order valence-electron chi connectivity index (χ0n) is 17.3. The predicted molar refractivity (Wildman–Crippen MR) is 116 cm³/mol. The fraction of sp³-hybridized carbons (Fsp3) is 0.429. The van der Waals surface area contributed by atoms with Gasteiger partial charge in [-0.15, -0.1) is 6.42 Å². The van der Waals surface area contributed by atoms with Gasteiger partial charge in [0.1, 0.15) is 12.6 Å². The largest absolute Gasteiger partial charge is 0.466 e. The minimum Gasteiger partial charge on any atom is -0.466 e. The predicted octanol–water partition coefficient (Wildman–Crippen LogP) is -0.829. The number of carbonyl (C=O) groups is 2. The Hall–Kier alpha value is -3.58. The first-order chi connectivity index (χ1) is 14.9. The molecule has 10 nitrogen and oxygen atoms in total. The van der Waals surface area contributed by atoms with Crippen LogP contribution in [0.5, 0.6) is 0 Å². The second kappa shape index (κ2) is 9.95. The van der Waals surface area contributed by atoms with Crippen molar-refractivity contribution in [3.8, 4) is 12.3 Å². The summed E-state index contributed by atoms with van der Waals surface area (Å²) in [5.41, 5.74) is -0.0101. The van der Waals surface area contributed by atoms with Crippen molar-refractivity contribution in [3.05, 3.63) is 39.0 Å². The van der Waals surface area contributed by atoms with E-state index < -0.39 is 35.7 Å². The van der Waals surface area contributed by atoms with Crippen molar-refractivity contribution in [2.45, 2.75) is 25.9 Å². The molecule has 1 aromatic carbocycles. The lowest BCUT2D eigenvalue weighted by molar-refractivity contribution is -0.143. The van der Waals surface area contributed by atoms with Crippen LogP contribution in [-0.2, 0) is 20.9 Å². The number of piperazine rings is 1. The van der Waals surface area contributed by atoms with Gasteiger partial charge in [-0.25, -0.2) is 4.79 Å². The summed E-state index contributed by atoms with van der Waals surface area (Å²) in [4.78, 5) is 54.1. The summed E-state index contributed by atoms with van der Waals surface area (Å²) >= 11 is 0. The fourth-order valence-electron chi connectivity index (χ4n) is 3.42. The lowest BCUT2D eigenvalue weighted by Gasteiger charge is -2.29. The van der Waals surface area contributed by atoms with Crippen LogP contribution in [0.1, 0.15) is 13.3 Å². The molecule has 2 heterocycles. The molecule has 1 atom stereocenters. The molecule has 0 saturated carbocycles. The summed E-state index contributed by atoms with van der Waals surface area (Å²) in [5.74, 6) is 1.09. The van der Waals surface area contributed by atoms with Crippen LogP contribution in [0.3, 0.4) is 0 Å². The standard InChI is InChI=1S/C21H25N5O5/c1-3-14(11-19(28)31-4-2)23-18(27)13-26-20(29)16-12-15(25-9-7-22-8-10-25)5-6-17(16)24-21(26)30/h1,5-6,12,14,22H,4,7-11,13H2,2H3,(H,23,27)(H,24,30)/t14-/m1/s1. The average Bonchev–Trinajstić information content (AvgIpc) is 2.76. The van der Waals surface area contributed by atoms with Crippen molar-refractivity contribution in [3.63, 3.8) is 0 Å². The van der Waals surface area contributed by atoms with Crippen molar-refractivity contribution >= 4 is 28.5 Å². The molecule has 3 rings (SSSR count). The Balaban J connectivity index is 1.81. The number of nitrogens with zero attached hydrogens (tertiary/aromatic N) is 2. The Labute approximate surface area is 178 Å². The third kappa shape index (κ3) is 5.32. The number of nitrogens with one attached hydrogen (secondary N) is 3. The SMILES string of the molecule is C#C[C@H](CC(=O)OCC)NC(=O)Cn1c(=O)[nH]c2ccc(N3CCNCC3)cc2c1=O. The van der Waals surface area contributed by atoms with Gasteiger partial charge in [-0.3, -0.25) is 19.0 Å². The average molecular weight is 427 g/mol. The number of carbonyl (C=O) groups excluding carboxylic acids is 2. The number of benzene rings is 1. The van der Waals surface area contributed by atoms with Gasteiger partial charge in [-0.2, -0.15) is 0 Å². The van der Waals surface area contributed by atoms with Gasteiger partial charge in [0.2, 0.25) is 5.91 Å². The van der Waals surface area contributed by atoms with Gasteiger partial charge in [-0.05, 0) is 25.1 Å². The highest BCUT2D eigenvalue weighted by Gasteiger charge is 2.18. The number of hydrogen-bond donors (Lipinski definition) is 3. The topological polar surface area (TPSA) is 126 Å². The van der Waals surface area contributed by atoms with Gasteiger partial charge in [0.05, 0.1) is 23.9 Å². The van der Waals surface area contributed by atoms with Gasteiger partial charge in [0.25, 0.3) is 5.56 Å². The zero-order valence-corrected chi connectivity index (χ0v) is 17.3. The number of aromatic nitrogens is 2. The first-order valence-corrected chi connectivity index (χ1v) is 10.1. The summed E-state index contributed by atoms with van der Waals surface area (Å²) in [7, 11) is 0. The number of esters is 1. The highest BCUT2D eigenvalue weighted by atomic mass is 16.5. The summed E-state index contributed by atoms with van der Waals surface area (Å²) in [5, 5.41) is 6.04. The molecule has 1 saturated heterocycles. The molecule has 0 spiro atoms. The van der Waals surface area contributed by atoms with Gasteiger partial charge in [-0.1, -0.05) is 5.92 Å². The summed E-state index contributed by atoms with van der Waals surface area (Å²) in [6.07, 6.45) is 5.16. The molecule has 1 aliphatic rings. The van der Waals surface area contributed by atoms with E-state index >= 15 is 0 Å². The molecule has 1 aliphatic heterocycles. The number of fused-ring (bicyclic) bond motifs is 1. The van der Waals surface area contributed by atoms with Crippen LogP contribution < -0.4 is 26.8 Å².